The maximum Gasteiger partial charge on any atom is 0.337 e. The van der Waals surface area contributed by atoms with Gasteiger partial charge in [-0.05, 0) is 52.3 Å². The molecule has 116 valence electrons. The van der Waals surface area contributed by atoms with Crippen molar-refractivity contribution in [2.45, 2.75) is 4.90 Å². The SMILES string of the molecule is CS(=O)(=O)c1ccc(NC(=O)N(S)c2ncccc2Br)cc1. The summed E-state index contributed by atoms with van der Waals surface area (Å²) in [5.74, 6) is 0.344. The van der Waals surface area contributed by atoms with E-state index in [1.165, 1.54) is 30.5 Å². The first kappa shape index (κ1) is 16.8. The van der Waals surface area contributed by atoms with Crippen molar-refractivity contribution >= 4 is 56.1 Å². The van der Waals surface area contributed by atoms with Crippen LogP contribution >= 0.6 is 28.7 Å². The molecule has 2 amide bonds. The predicted octanol–water partition coefficient (Wildman–Crippen LogP) is 3.13. The van der Waals surface area contributed by atoms with E-state index in [1.807, 2.05) is 0 Å². The molecule has 0 bridgehead atoms. The average molecular weight is 402 g/mol. The standard InChI is InChI=1S/C13H12BrN3O3S2/c1-22(19,20)10-6-4-9(5-7-10)16-13(18)17(21)12-11(14)3-2-8-15-12/h2-8,21H,1H3,(H,16,18). The minimum absolute atomic E-state index is 0.181. The summed E-state index contributed by atoms with van der Waals surface area (Å²) in [6, 6.07) is 8.79. The minimum Gasteiger partial charge on any atom is -0.307 e. The maximum atomic E-state index is 12.1. The number of anilines is 2. The molecule has 2 rings (SSSR count). The van der Waals surface area contributed by atoms with Crippen molar-refractivity contribution in [1.82, 2.24) is 4.98 Å². The van der Waals surface area contributed by atoms with Gasteiger partial charge in [-0.3, -0.25) is 0 Å². The number of carbonyl (C=O) groups excluding carboxylic acids is 1. The molecule has 6 nitrogen and oxygen atoms in total. The lowest BCUT2D eigenvalue weighted by Crippen LogP contribution is -2.27. The van der Waals surface area contributed by atoms with E-state index in [0.717, 1.165) is 10.6 Å². The number of nitrogens with one attached hydrogen (secondary N) is 1. The van der Waals surface area contributed by atoms with Crippen molar-refractivity contribution in [2.75, 3.05) is 15.9 Å². The lowest BCUT2D eigenvalue weighted by molar-refractivity contribution is 0.260. The average Bonchev–Trinajstić information content (AvgIpc) is 2.46. The molecule has 1 N–H and O–H groups in total. The van der Waals surface area contributed by atoms with Crippen LogP contribution in [0.15, 0.2) is 52.0 Å². The Hall–Kier alpha value is -1.58. The fourth-order valence-electron chi connectivity index (χ4n) is 1.59. The Bertz CT molecular complexity index is 794. The first-order valence-corrected chi connectivity index (χ1v) is 9.08. The van der Waals surface area contributed by atoms with Gasteiger partial charge in [-0.2, -0.15) is 0 Å². The van der Waals surface area contributed by atoms with E-state index in [4.69, 9.17) is 0 Å². The number of amides is 2. The zero-order valence-electron chi connectivity index (χ0n) is 11.4. The van der Waals surface area contributed by atoms with Crippen LogP contribution < -0.4 is 9.62 Å². The molecule has 0 fully saturated rings. The smallest absolute Gasteiger partial charge is 0.307 e. The molecular weight excluding hydrogens is 390 g/mol. The number of benzene rings is 1. The Kier molecular flexibility index (Phi) is 5.09. The predicted molar refractivity (Wildman–Crippen MR) is 92.0 cm³/mol. The largest absolute Gasteiger partial charge is 0.337 e. The Labute approximate surface area is 142 Å². The second kappa shape index (κ2) is 6.67. The minimum atomic E-state index is -3.27. The van der Waals surface area contributed by atoms with Gasteiger partial charge in [0.25, 0.3) is 0 Å². The summed E-state index contributed by atoms with van der Waals surface area (Å²) in [6.07, 6.45) is 2.66. The molecule has 9 heteroatoms. The highest BCUT2D eigenvalue weighted by atomic mass is 79.9. The van der Waals surface area contributed by atoms with Crippen molar-refractivity contribution in [3.8, 4) is 0 Å². The molecule has 1 aromatic heterocycles. The van der Waals surface area contributed by atoms with Crippen LogP contribution in [0.1, 0.15) is 0 Å². The van der Waals surface area contributed by atoms with E-state index < -0.39 is 15.9 Å². The first-order valence-electron chi connectivity index (χ1n) is 5.99. The lowest BCUT2D eigenvalue weighted by atomic mass is 10.3. The van der Waals surface area contributed by atoms with Crippen LogP contribution in [-0.4, -0.2) is 25.7 Å². The highest BCUT2D eigenvalue weighted by Gasteiger charge is 2.16. The number of aromatic nitrogens is 1. The number of hydrogen-bond donors (Lipinski definition) is 2. The van der Waals surface area contributed by atoms with Gasteiger partial charge >= 0.3 is 6.03 Å². The zero-order chi connectivity index (χ0) is 16.3. The second-order valence-electron chi connectivity index (χ2n) is 4.35. The van der Waals surface area contributed by atoms with Crippen LogP contribution in [0.25, 0.3) is 0 Å². The summed E-state index contributed by atoms with van der Waals surface area (Å²) < 4.78 is 24.4. The lowest BCUT2D eigenvalue weighted by Gasteiger charge is -2.16. The summed E-state index contributed by atoms with van der Waals surface area (Å²) >= 11 is 7.40. The molecule has 0 radical (unpaired) electrons. The number of pyridine rings is 1. The van der Waals surface area contributed by atoms with Gasteiger partial charge in [0.1, 0.15) is 0 Å². The van der Waals surface area contributed by atoms with Gasteiger partial charge in [0.15, 0.2) is 15.7 Å². The molecule has 0 aliphatic carbocycles. The molecule has 0 unspecified atom stereocenters. The van der Waals surface area contributed by atoms with E-state index in [9.17, 15) is 13.2 Å². The number of halogens is 1. The van der Waals surface area contributed by atoms with E-state index in [2.05, 4.69) is 39.0 Å². The summed E-state index contributed by atoms with van der Waals surface area (Å²) in [4.78, 5) is 16.3. The highest BCUT2D eigenvalue weighted by Crippen LogP contribution is 2.25. The molecule has 1 heterocycles. The Morgan fingerprint density at radius 2 is 1.91 bits per heavy atom. The van der Waals surface area contributed by atoms with Gasteiger partial charge in [0.05, 0.1) is 9.37 Å². The maximum absolute atomic E-state index is 12.1. The van der Waals surface area contributed by atoms with E-state index in [0.29, 0.717) is 16.0 Å². The highest BCUT2D eigenvalue weighted by molar-refractivity contribution is 9.10. The molecule has 0 saturated carbocycles. The number of carbonyl (C=O) groups is 1. The van der Waals surface area contributed by atoms with Crippen LogP contribution in [-0.2, 0) is 9.84 Å². The van der Waals surface area contributed by atoms with E-state index in [-0.39, 0.29) is 4.90 Å². The van der Waals surface area contributed by atoms with Crippen molar-refractivity contribution in [3.05, 3.63) is 47.1 Å². The summed E-state index contributed by atoms with van der Waals surface area (Å²) in [5, 5.41) is 2.60. The quantitative estimate of drug-likeness (QED) is 0.774. The first-order chi connectivity index (χ1) is 10.3. The third kappa shape index (κ3) is 3.99. The Morgan fingerprint density at radius 1 is 1.27 bits per heavy atom. The number of nitrogens with zero attached hydrogens (tertiary/aromatic N) is 2. The Morgan fingerprint density at radius 3 is 2.45 bits per heavy atom. The van der Waals surface area contributed by atoms with Crippen LogP contribution in [0.5, 0.6) is 0 Å². The van der Waals surface area contributed by atoms with E-state index in [1.54, 1.807) is 12.1 Å². The van der Waals surface area contributed by atoms with Gasteiger partial charge in [-0.25, -0.2) is 22.5 Å². The molecule has 0 saturated heterocycles. The van der Waals surface area contributed by atoms with Crippen molar-refractivity contribution < 1.29 is 13.2 Å². The topological polar surface area (TPSA) is 79.4 Å². The molecule has 2 aromatic rings. The number of sulfone groups is 1. The van der Waals surface area contributed by atoms with E-state index >= 15 is 0 Å². The summed E-state index contributed by atoms with van der Waals surface area (Å²) in [7, 11) is -3.27. The number of hydrogen-bond acceptors (Lipinski definition) is 5. The van der Waals surface area contributed by atoms with Crippen molar-refractivity contribution in [2.24, 2.45) is 0 Å². The monoisotopic (exact) mass is 401 g/mol. The third-order valence-corrected chi connectivity index (χ3v) is 4.78. The molecule has 0 spiro atoms. The molecule has 1 aromatic carbocycles. The fourth-order valence-corrected chi connectivity index (χ4v) is 3.00. The normalized spacial score (nSPS) is 11.0. The van der Waals surface area contributed by atoms with Gasteiger partial charge < -0.3 is 5.32 Å². The van der Waals surface area contributed by atoms with Crippen molar-refractivity contribution in [3.63, 3.8) is 0 Å². The van der Waals surface area contributed by atoms with Crippen LogP contribution in [0.2, 0.25) is 0 Å². The van der Waals surface area contributed by atoms with Crippen molar-refractivity contribution in [1.29, 1.82) is 0 Å². The van der Waals surface area contributed by atoms with Gasteiger partial charge in [-0.15, -0.1) is 0 Å². The molecular formula is C13H12BrN3O3S2. The molecule has 0 aliphatic heterocycles. The van der Waals surface area contributed by atoms with Crippen LogP contribution in [0.3, 0.4) is 0 Å². The fraction of sp³-hybridized carbons (Fsp3) is 0.0769. The van der Waals surface area contributed by atoms with Crippen LogP contribution in [0.4, 0.5) is 16.3 Å². The molecule has 0 atom stereocenters. The second-order valence-corrected chi connectivity index (χ2v) is 7.62. The summed E-state index contributed by atoms with van der Waals surface area (Å²) in [6.45, 7) is 0. The number of urea groups is 1. The molecule has 0 aliphatic rings. The van der Waals surface area contributed by atoms with Gasteiger partial charge in [0, 0.05) is 18.1 Å². The number of thiol groups is 1. The zero-order valence-corrected chi connectivity index (χ0v) is 14.7. The Balaban J connectivity index is 2.14. The number of rotatable bonds is 3. The third-order valence-electron chi connectivity index (χ3n) is 2.67. The van der Waals surface area contributed by atoms with Gasteiger partial charge in [-0.1, -0.05) is 12.8 Å². The van der Waals surface area contributed by atoms with Gasteiger partial charge in [0.2, 0.25) is 0 Å². The summed E-state index contributed by atoms with van der Waals surface area (Å²) in [5.41, 5.74) is 0.448. The van der Waals surface area contributed by atoms with Crippen LogP contribution in [0, 0.1) is 0 Å². The molecule has 22 heavy (non-hydrogen) atoms.